The summed E-state index contributed by atoms with van der Waals surface area (Å²) in [6.07, 6.45) is 4.52. The number of benzene rings is 1. The van der Waals surface area contributed by atoms with Gasteiger partial charge >= 0.3 is 11.9 Å². The van der Waals surface area contributed by atoms with Gasteiger partial charge in [-0.3, -0.25) is 33.7 Å². The number of aliphatic carboxylic acids is 2. The van der Waals surface area contributed by atoms with Crippen LogP contribution in [0.15, 0.2) is 24.3 Å². The van der Waals surface area contributed by atoms with E-state index in [1.54, 1.807) is 35.9 Å². The maximum atomic E-state index is 14.6. The highest BCUT2D eigenvalue weighted by Crippen LogP contribution is 2.30. The lowest BCUT2D eigenvalue weighted by Crippen LogP contribution is -2.60. The van der Waals surface area contributed by atoms with Gasteiger partial charge in [-0.1, -0.05) is 73.4 Å². The Kier molecular flexibility index (Phi) is 27.0. The molecule has 10 atom stereocenters. The van der Waals surface area contributed by atoms with Crippen molar-refractivity contribution in [3.8, 4) is 5.75 Å². The van der Waals surface area contributed by atoms with Crippen molar-refractivity contribution in [2.45, 2.75) is 174 Å². The number of nitrogens with zero attached hydrogens (tertiary/aromatic N) is 3. The fourth-order valence-corrected chi connectivity index (χ4v) is 9.55. The first-order chi connectivity index (χ1) is 33.0. The molecule has 1 aliphatic heterocycles. The van der Waals surface area contributed by atoms with E-state index in [0.29, 0.717) is 76.6 Å². The van der Waals surface area contributed by atoms with Gasteiger partial charge in [0, 0.05) is 47.2 Å². The molecule has 70 heavy (non-hydrogen) atoms. The minimum atomic E-state index is -1.24. The van der Waals surface area contributed by atoms with Crippen LogP contribution < -0.4 is 21.7 Å². The molecule has 0 bridgehead atoms. The minimum absolute atomic E-state index is 0.00110. The molecular weight excluding hydrogens is 903 g/mol. The molecule has 8 N–H and O–H groups in total. The number of aromatic hydroxyl groups is 1. The number of phenols is 1. The lowest BCUT2D eigenvalue weighted by molar-refractivity contribution is -0.148. The van der Waals surface area contributed by atoms with E-state index >= 15 is 0 Å². The zero-order chi connectivity index (χ0) is 52.8. The number of hydrogen-bond donors (Lipinski definition) is 7. The number of nitrogens with one attached hydrogen (secondary N) is 3. The van der Waals surface area contributed by atoms with Crippen LogP contribution in [0.3, 0.4) is 0 Å². The summed E-state index contributed by atoms with van der Waals surface area (Å²) in [7, 11) is 6.55. The molecule has 1 aliphatic rings. The van der Waals surface area contributed by atoms with Crippen molar-refractivity contribution >= 4 is 41.5 Å². The van der Waals surface area contributed by atoms with E-state index in [2.05, 4.69) is 16.0 Å². The molecule has 0 saturated carbocycles. The highest BCUT2D eigenvalue weighted by Gasteiger charge is 2.43. The molecule has 19 heteroatoms. The summed E-state index contributed by atoms with van der Waals surface area (Å²) in [6, 6.07) is 1.50. The van der Waals surface area contributed by atoms with E-state index in [9.17, 15) is 43.8 Å². The molecule has 0 radical (unpaired) electrons. The Morgan fingerprint density at radius 3 is 2.06 bits per heavy atom. The molecular formula is C51H87N7O12. The third-order valence-corrected chi connectivity index (χ3v) is 13.9. The number of carboxylic acids is 2. The van der Waals surface area contributed by atoms with Crippen LogP contribution in [0.4, 0.5) is 0 Å². The van der Waals surface area contributed by atoms with Crippen LogP contribution in [0.25, 0.3) is 0 Å². The Hall–Kier alpha value is -4.85. The number of likely N-dealkylation sites (tertiary alicyclic amines) is 1. The molecule has 5 amide bonds. The zero-order valence-electron chi connectivity index (χ0n) is 43.8. The number of ether oxygens (including phenoxy) is 2. The molecule has 1 aromatic carbocycles. The normalized spacial score (nSPS) is 17.8. The molecule has 1 heterocycles. The summed E-state index contributed by atoms with van der Waals surface area (Å²) < 4.78 is 11.9. The molecule has 0 aromatic heterocycles. The number of carbonyl (C=O) groups excluding carboxylic acids is 5. The Morgan fingerprint density at radius 1 is 0.843 bits per heavy atom. The maximum Gasteiger partial charge on any atom is 0.326 e. The Labute approximate surface area is 416 Å². The first-order valence-corrected chi connectivity index (χ1v) is 25.2. The molecule has 1 fully saturated rings. The Bertz CT molecular complexity index is 1820. The van der Waals surface area contributed by atoms with E-state index in [0.717, 1.165) is 12.8 Å². The highest BCUT2D eigenvalue weighted by molar-refractivity contribution is 5.90. The average molecular weight is 990 g/mol. The van der Waals surface area contributed by atoms with E-state index < -0.39 is 72.2 Å². The van der Waals surface area contributed by atoms with Gasteiger partial charge in [-0.25, -0.2) is 4.79 Å². The van der Waals surface area contributed by atoms with Gasteiger partial charge in [0.15, 0.2) is 0 Å². The number of rotatable bonds is 33. The minimum Gasteiger partial charge on any atom is -0.508 e. The maximum absolute atomic E-state index is 14.6. The third kappa shape index (κ3) is 19.1. The third-order valence-electron chi connectivity index (χ3n) is 13.9. The number of amides is 5. The second kappa shape index (κ2) is 30.8. The van der Waals surface area contributed by atoms with Crippen LogP contribution in [0.1, 0.15) is 125 Å². The predicted molar refractivity (Wildman–Crippen MR) is 266 cm³/mol. The van der Waals surface area contributed by atoms with Crippen molar-refractivity contribution in [3.05, 3.63) is 29.8 Å². The second-order valence-electron chi connectivity index (χ2n) is 19.9. The second-order valence-corrected chi connectivity index (χ2v) is 19.9. The van der Waals surface area contributed by atoms with Gasteiger partial charge in [0.25, 0.3) is 0 Å². The number of unbranched alkanes of at least 4 members (excludes halogenated alkanes) is 3. The monoisotopic (exact) mass is 990 g/mol. The van der Waals surface area contributed by atoms with E-state index in [1.165, 1.54) is 26.4 Å². The van der Waals surface area contributed by atoms with Crippen LogP contribution in [0.5, 0.6) is 5.75 Å². The summed E-state index contributed by atoms with van der Waals surface area (Å²) in [5.74, 6) is -4.92. The lowest BCUT2D eigenvalue weighted by atomic mass is 9.89. The van der Waals surface area contributed by atoms with Crippen LogP contribution in [0.2, 0.25) is 0 Å². The highest BCUT2D eigenvalue weighted by atomic mass is 16.5. The van der Waals surface area contributed by atoms with Crippen molar-refractivity contribution in [1.29, 1.82) is 0 Å². The van der Waals surface area contributed by atoms with Crippen molar-refractivity contribution < 1.29 is 58.4 Å². The lowest BCUT2D eigenvalue weighted by Gasteiger charge is -2.41. The molecule has 10 unspecified atom stereocenters. The largest absolute Gasteiger partial charge is 0.508 e. The fourth-order valence-electron chi connectivity index (χ4n) is 9.55. The number of nitrogens with two attached hydrogens (primary N) is 1. The molecule has 1 aromatic rings. The number of methoxy groups -OCH3 is 2. The summed E-state index contributed by atoms with van der Waals surface area (Å²) in [4.78, 5) is 97.4. The summed E-state index contributed by atoms with van der Waals surface area (Å²) >= 11 is 0. The summed E-state index contributed by atoms with van der Waals surface area (Å²) in [5.41, 5.74) is 6.15. The van der Waals surface area contributed by atoms with Crippen molar-refractivity contribution in [2.75, 3.05) is 47.9 Å². The summed E-state index contributed by atoms with van der Waals surface area (Å²) in [6.45, 7) is 14.8. The SMILES string of the molecule is CCC(C)C(C(CC(=O)N1CCCC1C(OC)C(C)C(=O)NC(Cc1ccc(O)cc1)C(=O)O)OC)N(C)C(=O)C(NC(=O)C(C(C)C)N(C)CCCCCC(=O)NCCCCC(N)C(=O)O)C(C)C. The number of carboxylic acid groups (broad SMARTS) is 2. The van der Waals surface area contributed by atoms with Gasteiger partial charge in [-0.15, -0.1) is 0 Å². The van der Waals surface area contributed by atoms with Gasteiger partial charge in [-0.05, 0) is 94.0 Å². The van der Waals surface area contributed by atoms with Crippen LogP contribution in [-0.4, -0.2) is 168 Å². The molecule has 0 aliphatic carbocycles. The topological polar surface area (TPSA) is 270 Å². The van der Waals surface area contributed by atoms with Gasteiger partial charge in [0.2, 0.25) is 29.5 Å². The van der Waals surface area contributed by atoms with Gasteiger partial charge in [-0.2, -0.15) is 0 Å². The number of hydrogen-bond acceptors (Lipinski definition) is 12. The smallest absolute Gasteiger partial charge is 0.326 e. The predicted octanol–water partition coefficient (Wildman–Crippen LogP) is 3.78. The van der Waals surface area contributed by atoms with Crippen LogP contribution in [-0.2, 0) is 49.5 Å². The number of phenolic OH excluding ortho intramolecular Hbond substituents is 1. The van der Waals surface area contributed by atoms with Crippen LogP contribution in [0, 0.1) is 23.7 Å². The van der Waals surface area contributed by atoms with Crippen molar-refractivity contribution in [1.82, 2.24) is 30.7 Å². The number of carbonyl (C=O) groups is 7. The van der Waals surface area contributed by atoms with Crippen molar-refractivity contribution in [2.24, 2.45) is 29.4 Å². The fraction of sp³-hybridized carbons (Fsp3) is 0.745. The summed E-state index contributed by atoms with van der Waals surface area (Å²) in [5, 5.41) is 37.1. The first kappa shape index (κ1) is 61.3. The Morgan fingerprint density at radius 2 is 1.50 bits per heavy atom. The van der Waals surface area contributed by atoms with E-state index in [1.807, 2.05) is 53.5 Å². The Balaban J connectivity index is 2.12. The van der Waals surface area contributed by atoms with E-state index in [-0.39, 0.29) is 60.0 Å². The molecule has 398 valence electrons. The van der Waals surface area contributed by atoms with Crippen molar-refractivity contribution in [3.63, 3.8) is 0 Å². The van der Waals surface area contributed by atoms with Gasteiger partial charge in [0.05, 0.1) is 42.7 Å². The zero-order valence-corrected chi connectivity index (χ0v) is 43.8. The average Bonchev–Trinajstić information content (AvgIpc) is 3.79. The molecule has 2 rings (SSSR count). The van der Waals surface area contributed by atoms with E-state index in [4.69, 9.17) is 20.3 Å². The van der Waals surface area contributed by atoms with Gasteiger partial charge < -0.3 is 56.3 Å². The quantitative estimate of drug-likeness (QED) is 0.0495. The first-order valence-electron chi connectivity index (χ1n) is 25.2. The molecule has 19 nitrogen and oxygen atoms in total. The standard InChI is InChI=1S/C51H87N7O12/c1-12-33(6)45(40(69-10)30-42(61)58-28-18-20-39(58)46(70-11)34(7)47(62)54-38(51(67)68)29-35-22-24-36(59)25-23-35)57(9)49(64)43(31(2)3)55-48(63)44(32(4)5)56(8)27-17-13-14-21-41(60)53-26-16-15-19-37(52)50(65)66/h22-25,31-34,37-40,43-46,59H,12-21,26-30,52H2,1-11H3,(H,53,60)(H,54,62)(H,55,63)(H,65,66)(H,67,68). The molecule has 1 saturated heterocycles. The number of likely N-dealkylation sites (N-methyl/N-ethyl adjacent to an activating group) is 2. The van der Waals surface area contributed by atoms with Crippen LogP contribution >= 0.6 is 0 Å². The van der Waals surface area contributed by atoms with Gasteiger partial charge in [0.1, 0.15) is 23.9 Å². The molecule has 0 spiro atoms.